The van der Waals surface area contributed by atoms with Crippen LogP contribution in [0, 0.1) is 0 Å². The van der Waals surface area contributed by atoms with Gasteiger partial charge in [0.05, 0.1) is 12.3 Å². The van der Waals surface area contributed by atoms with E-state index >= 15 is 0 Å². The van der Waals surface area contributed by atoms with Crippen molar-refractivity contribution in [2.75, 3.05) is 12.0 Å². The fourth-order valence-electron chi connectivity index (χ4n) is 2.35. The van der Waals surface area contributed by atoms with Gasteiger partial charge in [0.2, 0.25) is 0 Å². The zero-order valence-electron chi connectivity index (χ0n) is 12.2. The van der Waals surface area contributed by atoms with E-state index in [1.165, 1.54) is 0 Å². The fourth-order valence-corrected chi connectivity index (χ4v) is 2.35. The van der Waals surface area contributed by atoms with Crippen molar-refractivity contribution >= 4 is 22.9 Å². The summed E-state index contributed by atoms with van der Waals surface area (Å²) in [7, 11) is 0. The first kappa shape index (κ1) is 14.1. The van der Waals surface area contributed by atoms with Crippen molar-refractivity contribution < 1.29 is 9.53 Å². The van der Waals surface area contributed by atoms with Gasteiger partial charge in [0.15, 0.2) is 5.71 Å². The first-order valence-corrected chi connectivity index (χ1v) is 7.17. The van der Waals surface area contributed by atoms with E-state index in [1.54, 1.807) is 13.0 Å². The summed E-state index contributed by atoms with van der Waals surface area (Å²) >= 11 is 0. The Hall–Kier alpha value is -2.88. The summed E-state index contributed by atoms with van der Waals surface area (Å²) in [4.78, 5) is 12.0. The highest BCUT2D eigenvalue weighted by Gasteiger charge is 2.18. The van der Waals surface area contributed by atoms with E-state index < -0.39 is 5.97 Å². The minimum Gasteiger partial charge on any atom is -0.461 e. The normalized spacial score (nSPS) is 13.1. The van der Waals surface area contributed by atoms with E-state index in [0.717, 1.165) is 22.4 Å². The Bertz CT molecular complexity index is 749. The van der Waals surface area contributed by atoms with Gasteiger partial charge >= 0.3 is 5.97 Å². The quantitative estimate of drug-likeness (QED) is 0.881. The van der Waals surface area contributed by atoms with E-state index in [9.17, 15) is 4.79 Å². The van der Waals surface area contributed by atoms with Crippen molar-refractivity contribution in [2.45, 2.75) is 6.92 Å². The van der Waals surface area contributed by atoms with Gasteiger partial charge in [-0.2, -0.15) is 5.10 Å². The van der Waals surface area contributed by atoms with Crippen LogP contribution in [0.25, 0.3) is 5.57 Å². The molecular formula is C18H16N2O2. The van der Waals surface area contributed by atoms with E-state index in [-0.39, 0.29) is 5.71 Å². The minimum atomic E-state index is -0.434. The van der Waals surface area contributed by atoms with Crippen LogP contribution in [0.4, 0.5) is 5.69 Å². The van der Waals surface area contributed by atoms with Crippen molar-refractivity contribution in [3.8, 4) is 0 Å². The third-order valence-corrected chi connectivity index (χ3v) is 3.36. The molecule has 0 fully saturated rings. The molecule has 0 unspecified atom stereocenters. The van der Waals surface area contributed by atoms with Gasteiger partial charge in [-0.25, -0.2) is 4.79 Å². The minimum absolute atomic E-state index is 0.261. The molecular weight excluding hydrogens is 276 g/mol. The second-order valence-corrected chi connectivity index (χ2v) is 4.80. The number of para-hydroxylation sites is 1. The number of carbonyl (C=O) groups excluding carboxylic acids is 1. The van der Waals surface area contributed by atoms with E-state index in [0.29, 0.717) is 6.61 Å². The van der Waals surface area contributed by atoms with Gasteiger partial charge in [0.1, 0.15) is 0 Å². The first-order chi connectivity index (χ1) is 10.8. The number of fused-ring (bicyclic) bond motifs is 1. The van der Waals surface area contributed by atoms with Crippen LogP contribution in [0.3, 0.4) is 0 Å². The van der Waals surface area contributed by atoms with Gasteiger partial charge < -0.3 is 4.74 Å². The van der Waals surface area contributed by atoms with Gasteiger partial charge in [-0.05, 0) is 30.2 Å². The van der Waals surface area contributed by atoms with Crippen molar-refractivity contribution in [1.82, 2.24) is 0 Å². The summed E-state index contributed by atoms with van der Waals surface area (Å²) in [6, 6.07) is 17.8. The molecule has 0 saturated carbocycles. The fraction of sp³-hybridized carbons (Fsp3) is 0.111. The van der Waals surface area contributed by atoms with Crippen LogP contribution in [0.5, 0.6) is 0 Å². The molecule has 22 heavy (non-hydrogen) atoms. The molecule has 110 valence electrons. The molecule has 4 nitrogen and oxygen atoms in total. The van der Waals surface area contributed by atoms with Crippen LogP contribution in [0.1, 0.15) is 18.1 Å². The number of benzene rings is 2. The maximum Gasteiger partial charge on any atom is 0.358 e. The third-order valence-electron chi connectivity index (χ3n) is 3.36. The summed E-state index contributed by atoms with van der Waals surface area (Å²) in [5.41, 5.74) is 7.03. The van der Waals surface area contributed by atoms with Gasteiger partial charge in [-0.3, -0.25) is 5.43 Å². The lowest BCUT2D eigenvalue weighted by molar-refractivity contribution is -0.134. The smallest absolute Gasteiger partial charge is 0.358 e. The van der Waals surface area contributed by atoms with E-state index in [4.69, 9.17) is 4.74 Å². The van der Waals surface area contributed by atoms with Crippen molar-refractivity contribution in [3.63, 3.8) is 0 Å². The highest BCUT2D eigenvalue weighted by molar-refractivity contribution is 6.43. The van der Waals surface area contributed by atoms with Gasteiger partial charge in [-0.15, -0.1) is 0 Å². The van der Waals surface area contributed by atoms with Crippen LogP contribution < -0.4 is 5.43 Å². The number of ether oxygens (including phenoxy) is 1. The highest BCUT2D eigenvalue weighted by Crippen LogP contribution is 2.31. The Morgan fingerprint density at radius 3 is 2.59 bits per heavy atom. The van der Waals surface area contributed by atoms with Crippen LogP contribution >= 0.6 is 0 Å². The maximum absolute atomic E-state index is 12.0. The second kappa shape index (κ2) is 6.26. The Morgan fingerprint density at radius 2 is 1.82 bits per heavy atom. The Labute approximate surface area is 129 Å². The lowest BCUT2D eigenvalue weighted by Crippen LogP contribution is -2.16. The molecule has 0 saturated heterocycles. The van der Waals surface area contributed by atoms with Crippen LogP contribution in [-0.4, -0.2) is 18.3 Å². The molecule has 1 N–H and O–H groups in total. The average Bonchev–Trinajstić information content (AvgIpc) is 2.76. The Morgan fingerprint density at radius 1 is 1.09 bits per heavy atom. The third kappa shape index (κ3) is 2.76. The SMILES string of the molecule is CCOC(=O)C1=NNc2ccccc2C(c2ccccc2)=C1. The van der Waals surface area contributed by atoms with Crippen LogP contribution in [-0.2, 0) is 9.53 Å². The van der Waals surface area contributed by atoms with Gasteiger partial charge in [0.25, 0.3) is 0 Å². The molecule has 0 spiro atoms. The topological polar surface area (TPSA) is 50.7 Å². The zero-order valence-corrected chi connectivity index (χ0v) is 12.2. The number of hydrazone groups is 1. The number of carbonyl (C=O) groups is 1. The molecule has 2 aromatic rings. The predicted molar refractivity (Wildman–Crippen MR) is 87.7 cm³/mol. The van der Waals surface area contributed by atoms with Gasteiger partial charge in [-0.1, -0.05) is 48.5 Å². The summed E-state index contributed by atoms with van der Waals surface area (Å²) in [6.07, 6.45) is 1.77. The molecule has 1 heterocycles. The maximum atomic E-state index is 12.0. The first-order valence-electron chi connectivity index (χ1n) is 7.17. The van der Waals surface area contributed by atoms with Crippen LogP contribution in [0.2, 0.25) is 0 Å². The average molecular weight is 292 g/mol. The molecule has 3 rings (SSSR count). The summed E-state index contributed by atoms with van der Waals surface area (Å²) in [5.74, 6) is -0.434. The molecule has 0 radical (unpaired) electrons. The molecule has 0 amide bonds. The van der Waals surface area contributed by atoms with Gasteiger partial charge in [0, 0.05) is 5.56 Å². The van der Waals surface area contributed by atoms with E-state index in [1.807, 2.05) is 54.6 Å². The number of nitrogens with one attached hydrogen (secondary N) is 1. The Kier molecular flexibility index (Phi) is 4.01. The number of esters is 1. The van der Waals surface area contributed by atoms with Crippen molar-refractivity contribution in [1.29, 1.82) is 0 Å². The molecule has 0 bridgehead atoms. The number of rotatable bonds is 3. The Balaban J connectivity index is 2.13. The lowest BCUT2D eigenvalue weighted by atomic mass is 9.95. The number of hydrogen-bond donors (Lipinski definition) is 1. The molecule has 0 aliphatic carbocycles. The highest BCUT2D eigenvalue weighted by atomic mass is 16.5. The van der Waals surface area contributed by atoms with Crippen molar-refractivity contribution in [2.24, 2.45) is 5.10 Å². The molecule has 1 aliphatic rings. The predicted octanol–water partition coefficient (Wildman–Crippen LogP) is 3.46. The number of hydrogen-bond acceptors (Lipinski definition) is 4. The number of nitrogens with zero attached hydrogens (tertiary/aromatic N) is 1. The molecule has 2 aromatic carbocycles. The molecule has 0 aromatic heterocycles. The summed E-state index contributed by atoms with van der Waals surface area (Å²) in [5, 5.41) is 4.17. The summed E-state index contributed by atoms with van der Waals surface area (Å²) in [6.45, 7) is 2.10. The van der Waals surface area contributed by atoms with Crippen LogP contribution in [0.15, 0.2) is 65.8 Å². The zero-order chi connectivity index (χ0) is 15.4. The standard InChI is InChI=1S/C18H16N2O2/c1-2-22-18(21)17-12-15(13-8-4-3-5-9-13)14-10-6-7-11-16(14)19-20-17/h3-12,19H,2H2,1H3. The molecule has 4 heteroatoms. The number of anilines is 1. The molecule has 1 aliphatic heterocycles. The summed E-state index contributed by atoms with van der Waals surface area (Å²) < 4.78 is 5.07. The van der Waals surface area contributed by atoms with Crippen molar-refractivity contribution in [3.05, 3.63) is 71.8 Å². The monoisotopic (exact) mass is 292 g/mol. The van der Waals surface area contributed by atoms with E-state index in [2.05, 4.69) is 10.5 Å². The molecule has 0 atom stereocenters. The largest absolute Gasteiger partial charge is 0.461 e. The second-order valence-electron chi connectivity index (χ2n) is 4.80. The lowest BCUT2D eigenvalue weighted by Gasteiger charge is -2.10.